The van der Waals surface area contributed by atoms with Crippen LogP contribution in [0.25, 0.3) is 10.9 Å². The lowest BCUT2D eigenvalue weighted by molar-refractivity contribution is -0.0395. The number of rotatable bonds is 4. The van der Waals surface area contributed by atoms with Gasteiger partial charge in [0.25, 0.3) is 5.56 Å². The predicted molar refractivity (Wildman–Crippen MR) is 105 cm³/mol. The maximum Gasteiger partial charge on any atom is 0.261 e. The Morgan fingerprint density at radius 1 is 1.32 bits per heavy atom. The van der Waals surface area contributed by atoms with Crippen LogP contribution in [0, 0.1) is 0 Å². The molecule has 1 saturated heterocycles. The number of aliphatic hydroxyl groups is 1. The largest absolute Gasteiger partial charge is 0.494 e. The molecule has 0 aliphatic carbocycles. The molecule has 1 aliphatic rings. The van der Waals surface area contributed by atoms with Gasteiger partial charge in [-0.05, 0) is 42.2 Å². The van der Waals surface area contributed by atoms with E-state index in [0.717, 1.165) is 11.1 Å². The van der Waals surface area contributed by atoms with E-state index in [0.29, 0.717) is 41.3 Å². The third-order valence-electron chi connectivity index (χ3n) is 4.98. The van der Waals surface area contributed by atoms with Gasteiger partial charge in [0, 0.05) is 12.8 Å². The standard InChI is InChI=1S/C20H20ClN3O4/c1-27-17-8-13(6-12-2-3-18(21)22-9-12)7-14-19(17)23-11-24(20(14)26)15-4-5-28-10-16(15)25/h2-3,7-9,11,15-16,25H,4-6,10H2,1H3/t15-,16-/m0/s1. The van der Waals surface area contributed by atoms with Crippen molar-refractivity contribution in [2.75, 3.05) is 20.3 Å². The van der Waals surface area contributed by atoms with Crippen molar-refractivity contribution in [1.29, 1.82) is 0 Å². The average Bonchev–Trinajstić information content (AvgIpc) is 2.70. The van der Waals surface area contributed by atoms with Crippen LogP contribution in [-0.2, 0) is 11.2 Å². The Kier molecular flexibility index (Phi) is 5.30. The van der Waals surface area contributed by atoms with E-state index >= 15 is 0 Å². The Morgan fingerprint density at radius 3 is 2.89 bits per heavy atom. The van der Waals surface area contributed by atoms with Crippen LogP contribution in [0.2, 0.25) is 5.15 Å². The molecule has 7 nitrogen and oxygen atoms in total. The van der Waals surface area contributed by atoms with Crippen molar-refractivity contribution in [3.05, 3.63) is 63.4 Å². The van der Waals surface area contributed by atoms with Crippen LogP contribution in [0.4, 0.5) is 0 Å². The molecule has 8 heteroatoms. The normalized spacial score (nSPS) is 19.7. The molecular formula is C20H20ClN3O4. The summed E-state index contributed by atoms with van der Waals surface area (Å²) in [5, 5.41) is 11.1. The topological polar surface area (TPSA) is 86.5 Å². The molecule has 4 rings (SSSR count). The SMILES string of the molecule is COc1cc(Cc2ccc(Cl)nc2)cc2c(=O)n([C@H]3CCOC[C@@H]3O)cnc12. The number of halogens is 1. The van der Waals surface area contributed by atoms with Crippen LogP contribution in [0.15, 0.2) is 41.6 Å². The Labute approximate surface area is 166 Å². The van der Waals surface area contributed by atoms with E-state index in [2.05, 4.69) is 9.97 Å². The second kappa shape index (κ2) is 7.87. The minimum absolute atomic E-state index is 0.203. The highest BCUT2D eigenvalue weighted by Gasteiger charge is 2.27. The van der Waals surface area contributed by atoms with E-state index in [1.165, 1.54) is 10.9 Å². The van der Waals surface area contributed by atoms with Gasteiger partial charge in [-0.15, -0.1) is 0 Å². The number of aliphatic hydroxyl groups excluding tert-OH is 1. The first-order chi connectivity index (χ1) is 13.6. The molecule has 0 bridgehead atoms. The van der Waals surface area contributed by atoms with Crippen LogP contribution in [0.5, 0.6) is 5.75 Å². The van der Waals surface area contributed by atoms with Crippen LogP contribution < -0.4 is 10.3 Å². The maximum atomic E-state index is 13.2. The van der Waals surface area contributed by atoms with Gasteiger partial charge in [0.05, 0.1) is 37.6 Å². The van der Waals surface area contributed by atoms with Crippen molar-refractivity contribution < 1.29 is 14.6 Å². The highest BCUT2D eigenvalue weighted by Crippen LogP contribution is 2.27. The second-order valence-electron chi connectivity index (χ2n) is 6.82. The van der Waals surface area contributed by atoms with Gasteiger partial charge in [0.1, 0.15) is 16.4 Å². The fourth-order valence-electron chi connectivity index (χ4n) is 3.55. The molecule has 0 unspecified atom stereocenters. The lowest BCUT2D eigenvalue weighted by atomic mass is 10.0. The highest BCUT2D eigenvalue weighted by molar-refractivity contribution is 6.29. The van der Waals surface area contributed by atoms with Crippen LogP contribution >= 0.6 is 11.6 Å². The summed E-state index contributed by atoms with van der Waals surface area (Å²) in [7, 11) is 1.55. The molecule has 1 fully saturated rings. The quantitative estimate of drug-likeness (QED) is 0.675. The van der Waals surface area contributed by atoms with Crippen molar-refractivity contribution in [3.8, 4) is 5.75 Å². The summed E-state index contributed by atoms with van der Waals surface area (Å²) in [6.07, 6.45) is 3.58. The van der Waals surface area contributed by atoms with Gasteiger partial charge in [-0.25, -0.2) is 9.97 Å². The van der Waals surface area contributed by atoms with E-state index in [1.54, 1.807) is 19.4 Å². The molecule has 0 saturated carbocycles. The molecular weight excluding hydrogens is 382 g/mol. The molecule has 1 aromatic carbocycles. The minimum atomic E-state index is -0.740. The molecule has 3 aromatic rings. The summed E-state index contributed by atoms with van der Waals surface area (Å²) in [4.78, 5) is 21.7. The molecule has 28 heavy (non-hydrogen) atoms. The molecule has 1 N–H and O–H groups in total. The number of nitrogens with zero attached hydrogens (tertiary/aromatic N) is 3. The zero-order valence-electron chi connectivity index (χ0n) is 15.3. The molecule has 0 spiro atoms. The second-order valence-corrected chi connectivity index (χ2v) is 7.20. The van der Waals surface area contributed by atoms with Crippen molar-refractivity contribution in [3.63, 3.8) is 0 Å². The van der Waals surface area contributed by atoms with E-state index in [-0.39, 0.29) is 18.2 Å². The third-order valence-corrected chi connectivity index (χ3v) is 5.20. The zero-order valence-corrected chi connectivity index (χ0v) is 16.1. The van der Waals surface area contributed by atoms with Gasteiger partial charge in [-0.2, -0.15) is 0 Å². The smallest absolute Gasteiger partial charge is 0.261 e. The number of hydrogen-bond donors (Lipinski definition) is 1. The monoisotopic (exact) mass is 401 g/mol. The number of methoxy groups -OCH3 is 1. The number of aromatic nitrogens is 3. The van der Waals surface area contributed by atoms with Gasteiger partial charge >= 0.3 is 0 Å². The van der Waals surface area contributed by atoms with E-state index in [1.807, 2.05) is 18.2 Å². The van der Waals surface area contributed by atoms with Gasteiger partial charge in [-0.3, -0.25) is 9.36 Å². The minimum Gasteiger partial charge on any atom is -0.494 e. The molecule has 0 amide bonds. The van der Waals surface area contributed by atoms with Gasteiger partial charge in [0.15, 0.2) is 0 Å². The summed E-state index contributed by atoms with van der Waals surface area (Å²) < 4.78 is 12.2. The van der Waals surface area contributed by atoms with E-state index in [4.69, 9.17) is 21.1 Å². The van der Waals surface area contributed by atoms with Crippen LogP contribution in [0.3, 0.4) is 0 Å². The maximum absolute atomic E-state index is 13.2. The summed E-state index contributed by atoms with van der Waals surface area (Å²) in [6, 6.07) is 6.97. The first kappa shape index (κ1) is 18.9. The Hall–Kier alpha value is -2.48. The molecule has 146 valence electrons. The Bertz CT molecular complexity index is 1050. The number of fused-ring (bicyclic) bond motifs is 1. The predicted octanol–water partition coefficient (Wildman–Crippen LogP) is 2.37. The highest BCUT2D eigenvalue weighted by atomic mass is 35.5. The van der Waals surface area contributed by atoms with Crippen LogP contribution in [-0.4, -0.2) is 46.1 Å². The average molecular weight is 402 g/mol. The first-order valence-corrected chi connectivity index (χ1v) is 9.38. The van der Waals surface area contributed by atoms with Crippen molar-refractivity contribution in [1.82, 2.24) is 14.5 Å². The number of hydrogen-bond acceptors (Lipinski definition) is 6. The molecule has 1 aliphatic heterocycles. The lowest BCUT2D eigenvalue weighted by Gasteiger charge is -2.29. The van der Waals surface area contributed by atoms with E-state index < -0.39 is 6.10 Å². The van der Waals surface area contributed by atoms with Crippen molar-refractivity contribution >= 4 is 22.5 Å². The third kappa shape index (κ3) is 3.61. The summed E-state index contributed by atoms with van der Waals surface area (Å²) >= 11 is 5.85. The lowest BCUT2D eigenvalue weighted by Crippen LogP contribution is -2.39. The number of pyridine rings is 1. The fraction of sp³-hybridized carbons (Fsp3) is 0.350. The number of benzene rings is 1. The molecule has 2 atom stereocenters. The fourth-order valence-corrected chi connectivity index (χ4v) is 3.66. The van der Waals surface area contributed by atoms with Gasteiger partial charge in [-0.1, -0.05) is 17.7 Å². The number of ether oxygens (including phenoxy) is 2. The van der Waals surface area contributed by atoms with Gasteiger partial charge in [0.2, 0.25) is 0 Å². The molecule has 3 heterocycles. The summed E-state index contributed by atoms with van der Waals surface area (Å²) in [6.45, 7) is 0.710. The Balaban J connectivity index is 1.79. The Morgan fingerprint density at radius 2 is 2.18 bits per heavy atom. The van der Waals surface area contributed by atoms with Crippen molar-refractivity contribution in [2.24, 2.45) is 0 Å². The van der Waals surface area contributed by atoms with E-state index in [9.17, 15) is 9.90 Å². The summed E-state index contributed by atoms with van der Waals surface area (Å²) in [5.74, 6) is 0.534. The summed E-state index contributed by atoms with van der Waals surface area (Å²) in [5.41, 5.74) is 2.17. The van der Waals surface area contributed by atoms with Crippen LogP contribution in [0.1, 0.15) is 23.6 Å². The van der Waals surface area contributed by atoms with Gasteiger partial charge < -0.3 is 14.6 Å². The molecule has 0 radical (unpaired) electrons. The first-order valence-electron chi connectivity index (χ1n) is 9.01. The van der Waals surface area contributed by atoms with Crippen molar-refractivity contribution in [2.45, 2.75) is 25.0 Å². The molecule has 2 aromatic heterocycles. The zero-order chi connectivity index (χ0) is 19.7.